The second-order valence-corrected chi connectivity index (χ2v) is 7.48. The Hall–Kier alpha value is -0.580. The van der Waals surface area contributed by atoms with Gasteiger partial charge in [-0.1, -0.05) is 12.1 Å². The fraction of sp³-hybridized carbons (Fsp3) is 0.647. The molecule has 1 aromatic carbocycles. The zero-order valence-corrected chi connectivity index (χ0v) is 13.6. The van der Waals surface area contributed by atoms with Gasteiger partial charge in [0.05, 0.1) is 5.60 Å². The number of ether oxygens (including phenoxy) is 1. The molecule has 116 valence electrons. The van der Waals surface area contributed by atoms with Crippen molar-refractivity contribution in [3.63, 3.8) is 0 Å². The third-order valence-electron chi connectivity index (χ3n) is 4.87. The van der Waals surface area contributed by atoms with Crippen LogP contribution in [0.5, 0.6) is 0 Å². The monoisotopic (exact) mass is 309 g/mol. The number of rotatable bonds is 3. The van der Waals surface area contributed by atoms with Gasteiger partial charge in [-0.05, 0) is 56.5 Å². The molecule has 1 aromatic rings. The summed E-state index contributed by atoms with van der Waals surface area (Å²) in [6.07, 6.45) is 3.19. The molecule has 4 heteroatoms. The molecule has 2 fully saturated rings. The first-order valence-corrected chi connectivity index (χ1v) is 8.94. The third-order valence-corrected chi connectivity index (χ3v) is 6.09. The minimum atomic E-state index is -0.0873. The second-order valence-electron chi connectivity index (χ2n) is 6.38. The molecule has 3 rings (SSSR count). The number of thioether (sulfide) groups is 1. The molecule has 0 amide bonds. The Balaban J connectivity index is 1.82. The first-order valence-electron chi connectivity index (χ1n) is 7.79. The second kappa shape index (κ2) is 6.27. The number of nitrogens with one attached hydrogen (secondary N) is 1. The summed E-state index contributed by atoms with van der Waals surface area (Å²) in [4.78, 5) is 0. The van der Waals surface area contributed by atoms with Gasteiger partial charge in [0.15, 0.2) is 0 Å². The molecule has 0 aromatic heterocycles. The first kappa shape index (κ1) is 15.3. The molecule has 0 aliphatic carbocycles. The Morgan fingerprint density at radius 1 is 1.48 bits per heavy atom. The lowest BCUT2D eigenvalue weighted by atomic mass is 9.79. The van der Waals surface area contributed by atoms with Gasteiger partial charge in [0.25, 0.3) is 0 Å². The van der Waals surface area contributed by atoms with Gasteiger partial charge in [-0.3, -0.25) is 0 Å². The predicted octanol–water partition coefficient (Wildman–Crippen LogP) is 3.70. The zero-order valence-electron chi connectivity index (χ0n) is 12.8. The first-order chi connectivity index (χ1) is 10.1. The molecule has 2 aliphatic rings. The highest BCUT2D eigenvalue weighted by Gasteiger charge is 2.42. The smallest absolute Gasteiger partial charge is 0.128 e. The van der Waals surface area contributed by atoms with E-state index in [0.29, 0.717) is 5.92 Å². The molecule has 0 radical (unpaired) electrons. The Labute approximate surface area is 130 Å². The van der Waals surface area contributed by atoms with E-state index in [1.165, 1.54) is 5.75 Å². The maximum atomic E-state index is 14.3. The molecule has 2 heterocycles. The van der Waals surface area contributed by atoms with Gasteiger partial charge in [0, 0.05) is 24.0 Å². The van der Waals surface area contributed by atoms with Crippen LogP contribution in [0.1, 0.15) is 36.4 Å². The van der Waals surface area contributed by atoms with Crippen molar-refractivity contribution in [1.29, 1.82) is 0 Å². The van der Waals surface area contributed by atoms with Crippen molar-refractivity contribution in [3.8, 4) is 0 Å². The van der Waals surface area contributed by atoms with E-state index in [2.05, 4.69) is 5.32 Å². The van der Waals surface area contributed by atoms with Crippen molar-refractivity contribution in [2.45, 2.75) is 37.8 Å². The molecule has 1 spiro atoms. The van der Waals surface area contributed by atoms with E-state index in [1.54, 1.807) is 6.07 Å². The average Bonchev–Trinajstić information content (AvgIpc) is 2.90. The Kier molecular flexibility index (Phi) is 4.57. The van der Waals surface area contributed by atoms with E-state index >= 15 is 0 Å². The van der Waals surface area contributed by atoms with E-state index < -0.39 is 0 Å². The molecule has 21 heavy (non-hydrogen) atoms. The van der Waals surface area contributed by atoms with Gasteiger partial charge in [0.2, 0.25) is 0 Å². The summed E-state index contributed by atoms with van der Waals surface area (Å²) in [7, 11) is 1.94. The molecule has 2 aliphatic heterocycles. The molecule has 2 saturated heterocycles. The van der Waals surface area contributed by atoms with Gasteiger partial charge in [-0.25, -0.2) is 4.39 Å². The summed E-state index contributed by atoms with van der Waals surface area (Å²) in [5.41, 5.74) is 1.82. The van der Waals surface area contributed by atoms with Crippen LogP contribution in [0.15, 0.2) is 18.2 Å². The van der Waals surface area contributed by atoms with Crippen molar-refractivity contribution in [3.05, 3.63) is 35.1 Å². The van der Waals surface area contributed by atoms with Crippen LogP contribution < -0.4 is 5.32 Å². The molecule has 2 nitrogen and oxygen atoms in total. The van der Waals surface area contributed by atoms with Crippen molar-refractivity contribution in [2.24, 2.45) is 5.92 Å². The topological polar surface area (TPSA) is 21.3 Å². The van der Waals surface area contributed by atoms with Gasteiger partial charge in [-0.2, -0.15) is 11.8 Å². The SMILES string of the molecule is CNC(c1ccc(C)cc1F)C1CCOC2(CCSC2)C1. The van der Waals surface area contributed by atoms with Crippen molar-refractivity contribution in [1.82, 2.24) is 5.32 Å². The Morgan fingerprint density at radius 2 is 2.33 bits per heavy atom. The lowest BCUT2D eigenvalue weighted by Crippen LogP contribution is -2.43. The van der Waals surface area contributed by atoms with Crippen LogP contribution in [0.3, 0.4) is 0 Å². The lowest BCUT2D eigenvalue weighted by molar-refractivity contribution is -0.0852. The molecule has 1 N–H and O–H groups in total. The zero-order chi connectivity index (χ0) is 14.9. The summed E-state index contributed by atoms with van der Waals surface area (Å²) in [6, 6.07) is 5.66. The molecular formula is C17H24FNOS. The van der Waals surface area contributed by atoms with Gasteiger partial charge in [0.1, 0.15) is 5.82 Å². The van der Waals surface area contributed by atoms with E-state index in [1.807, 2.05) is 37.9 Å². The standard InChI is InChI=1S/C17H24FNOS/c1-12-3-4-14(15(18)9-12)16(19-2)13-5-7-20-17(10-13)6-8-21-11-17/h3-4,9,13,16,19H,5-8,10-11H2,1-2H3. The van der Waals surface area contributed by atoms with Crippen LogP contribution in [0.4, 0.5) is 4.39 Å². The molecule has 3 unspecified atom stereocenters. The Bertz CT molecular complexity index is 502. The summed E-state index contributed by atoms with van der Waals surface area (Å²) >= 11 is 1.98. The van der Waals surface area contributed by atoms with Crippen LogP contribution in [0.25, 0.3) is 0 Å². The summed E-state index contributed by atoms with van der Waals surface area (Å²) in [5.74, 6) is 2.64. The van der Waals surface area contributed by atoms with Crippen LogP contribution in [0, 0.1) is 18.7 Å². The van der Waals surface area contributed by atoms with Crippen LogP contribution in [-0.4, -0.2) is 30.8 Å². The largest absolute Gasteiger partial charge is 0.374 e. The molecule has 3 atom stereocenters. The summed E-state index contributed by atoms with van der Waals surface area (Å²) < 4.78 is 20.4. The van der Waals surface area contributed by atoms with Crippen LogP contribution >= 0.6 is 11.8 Å². The van der Waals surface area contributed by atoms with Crippen molar-refractivity contribution >= 4 is 11.8 Å². The number of benzene rings is 1. The highest BCUT2D eigenvalue weighted by Crippen LogP contribution is 2.44. The number of halogens is 1. The minimum Gasteiger partial charge on any atom is -0.374 e. The lowest BCUT2D eigenvalue weighted by Gasteiger charge is -2.41. The molecule has 0 bridgehead atoms. The van der Waals surface area contributed by atoms with Crippen molar-refractivity contribution in [2.75, 3.05) is 25.2 Å². The third kappa shape index (κ3) is 3.13. The number of aryl methyl sites for hydroxylation is 1. The average molecular weight is 309 g/mol. The van der Waals surface area contributed by atoms with Crippen LogP contribution in [0.2, 0.25) is 0 Å². The summed E-state index contributed by atoms with van der Waals surface area (Å²) in [6.45, 7) is 2.73. The normalized spacial score (nSPS) is 30.7. The molecular weight excluding hydrogens is 285 g/mol. The summed E-state index contributed by atoms with van der Waals surface area (Å²) in [5, 5.41) is 3.35. The number of hydrogen-bond donors (Lipinski definition) is 1. The maximum Gasteiger partial charge on any atom is 0.128 e. The van der Waals surface area contributed by atoms with E-state index in [9.17, 15) is 4.39 Å². The predicted molar refractivity (Wildman–Crippen MR) is 86.3 cm³/mol. The van der Waals surface area contributed by atoms with Gasteiger partial charge < -0.3 is 10.1 Å². The van der Waals surface area contributed by atoms with E-state index in [0.717, 1.165) is 42.7 Å². The van der Waals surface area contributed by atoms with E-state index in [-0.39, 0.29) is 17.5 Å². The highest BCUT2D eigenvalue weighted by atomic mass is 32.2. The maximum absolute atomic E-state index is 14.3. The minimum absolute atomic E-state index is 0.0455. The highest BCUT2D eigenvalue weighted by molar-refractivity contribution is 7.99. The quantitative estimate of drug-likeness (QED) is 0.920. The van der Waals surface area contributed by atoms with E-state index in [4.69, 9.17) is 4.74 Å². The fourth-order valence-electron chi connectivity index (χ4n) is 3.74. The van der Waals surface area contributed by atoms with Gasteiger partial charge >= 0.3 is 0 Å². The van der Waals surface area contributed by atoms with Crippen molar-refractivity contribution < 1.29 is 9.13 Å². The van der Waals surface area contributed by atoms with Gasteiger partial charge in [-0.15, -0.1) is 0 Å². The molecule has 0 saturated carbocycles. The fourth-order valence-corrected chi connectivity index (χ4v) is 5.12. The number of hydrogen-bond acceptors (Lipinski definition) is 3. The van der Waals surface area contributed by atoms with Crippen LogP contribution in [-0.2, 0) is 4.74 Å². The Morgan fingerprint density at radius 3 is 3.00 bits per heavy atom.